The van der Waals surface area contributed by atoms with E-state index in [4.69, 9.17) is 4.55 Å². The van der Waals surface area contributed by atoms with Crippen molar-refractivity contribution in [3.63, 3.8) is 0 Å². The van der Waals surface area contributed by atoms with Gasteiger partial charge in [-0.15, -0.1) is 0 Å². The molecule has 136 valence electrons. The molecule has 0 unspecified atom stereocenters. The summed E-state index contributed by atoms with van der Waals surface area (Å²) in [6, 6.07) is 3.08. The summed E-state index contributed by atoms with van der Waals surface area (Å²) in [5.74, 6) is 0.489. The minimum Gasteiger partial charge on any atom is -0.870 e. The van der Waals surface area contributed by atoms with Crippen molar-refractivity contribution >= 4 is 16.2 Å². The third kappa shape index (κ3) is 3.11. The number of carbonyl (C=O) groups is 1. The molecule has 2 saturated carbocycles. The van der Waals surface area contributed by atoms with Gasteiger partial charge in [0.25, 0.3) is 0 Å². The molecule has 4 atom stereocenters. The Morgan fingerprint density at radius 2 is 1.96 bits per heavy atom. The molecule has 0 spiro atoms. The zero-order valence-corrected chi connectivity index (χ0v) is 17.8. The second kappa shape index (κ2) is 6.78. The molecule has 0 saturated heterocycles. The second-order valence-corrected chi connectivity index (χ2v) is 8.83. The maximum Gasteiger partial charge on any atom is 1.00 e. The number of benzene rings is 1. The second-order valence-electron chi connectivity index (χ2n) is 7.81. The van der Waals surface area contributed by atoms with Crippen molar-refractivity contribution in [1.82, 2.24) is 0 Å². The van der Waals surface area contributed by atoms with Gasteiger partial charge in [-0.25, -0.2) is 0 Å². The fourth-order valence-electron chi connectivity index (χ4n) is 5.58. The molecule has 0 amide bonds. The Morgan fingerprint density at radius 3 is 2.65 bits per heavy atom. The van der Waals surface area contributed by atoms with E-state index >= 15 is 0 Å². The van der Waals surface area contributed by atoms with Gasteiger partial charge in [-0.05, 0) is 61.0 Å². The molecule has 0 bridgehead atoms. The first-order valence-electron chi connectivity index (χ1n) is 8.74. The largest absolute Gasteiger partial charge is 1.00 e. The Hall–Kier alpha value is -0.600. The summed E-state index contributed by atoms with van der Waals surface area (Å²) in [6.45, 7) is 2.09. The van der Waals surface area contributed by atoms with E-state index < -0.39 is 16.1 Å². The fourth-order valence-corrected chi connectivity index (χ4v) is 5.98. The Balaban J connectivity index is 0.00000196. The van der Waals surface area contributed by atoms with Crippen LogP contribution in [0.4, 0.5) is 0 Å². The molecular formula is C18H21NaO6S. The van der Waals surface area contributed by atoms with Crippen LogP contribution in [0.5, 0.6) is 11.5 Å². The van der Waals surface area contributed by atoms with Crippen molar-refractivity contribution in [2.24, 2.45) is 17.3 Å². The number of fused-ring (bicyclic) bond motifs is 5. The molecule has 26 heavy (non-hydrogen) atoms. The van der Waals surface area contributed by atoms with Gasteiger partial charge in [-0.2, -0.15) is 8.42 Å². The Labute approximate surface area is 175 Å². The minimum atomic E-state index is -4.74. The predicted octanol–water partition coefficient (Wildman–Crippen LogP) is -0.629. The first-order chi connectivity index (χ1) is 11.7. The molecule has 0 aliphatic heterocycles. The quantitative estimate of drug-likeness (QED) is 0.535. The van der Waals surface area contributed by atoms with Crippen molar-refractivity contribution in [2.75, 3.05) is 0 Å². The fraction of sp³-hybridized carbons (Fsp3) is 0.611. The Bertz CT molecular complexity index is 851. The van der Waals surface area contributed by atoms with Crippen LogP contribution in [0.2, 0.25) is 0 Å². The van der Waals surface area contributed by atoms with Crippen molar-refractivity contribution in [2.45, 2.75) is 51.4 Å². The number of rotatable bonds is 2. The molecule has 1 aromatic carbocycles. The third-order valence-electron chi connectivity index (χ3n) is 6.72. The van der Waals surface area contributed by atoms with Crippen molar-refractivity contribution < 1.29 is 56.6 Å². The van der Waals surface area contributed by atoms with Crippen LogP contribution in [0.25, 0.3) is 0 Å². The average Bonchev–Trinajstić information content (AvgIpc) is 2.84. The normalized spacial score (nSPS) is 32.8. The van der Waals surface area contributed by atoms with E-state index in [0.717, 1.165) is 31.2 Å². The van der Waals surface area contributed by atoms with E-state index in [9.17, 15) is 18.3 Å². The number of Topliss-reactive ketones (excluding diaryl/α,β-unsaturated/α-hetero) is 1. The molecule has 3 aliphatic rings. The number of carbonyl (C=O) groups excluding carboxylic acids is 1. The first-order valence-corrected chi connectivity index (χ1v) is 10.1. The van der Waals surface area contributed by atoms with E-state index in [0.29, 0.717) is 36.0 Å². The van der Waals surface area contributed by atoms with Gasteiger partial charge in [0.2, 0.25) is 0 Å². The third-order valence-corrected chi connectivity index (χ3v) is 7.10. The van der Waals surface area contributed by atoms with E-state index in [1.807, 2.05) is 0 Å². The molecule has 0 radical (unpaired) electrons. The van der Waals surface area contributed by atoms with E-state index in [1.54, 1.807) is 6.07 Å². The standard InChI is InChI=1S/C18H22O6S.Na/c1-18-9-8-11-10-4-6-15(19)17(24-25(21,22)23)13(10)3-2-12(11)14(18)5-7-16(18)20;/h4,6,11-12,14,19H,2-3,5,7-9H2,1H3,(H,21,22,23);/q;+1/p-1/t11-,12-,14+,18+;/m1./s1. The van der Waals surface area contributed by atoms with Gasteiger partial charge in [0.15, 0.2) is 0 Å². The van der Waals surface area contributed by atoms with Gasteiger partial charge in [0, 0.05) is 11.8 Å². The van der Waals surface area contributed by atoms with E-state index in [1.165, 1.54) is 6.07 Å². The van der Waals surface area contributed by atoms with Gasteiger partial charge in [0.05, 0.1) is 0 Å². The predicted molar refractivity (Wildman–Crippen MR) is 87.7 cm³/mol. The number of ketones is 1. The summed E-state index contributed by atoms with van der Waals surface area (Å²) in [7, 11) is -4.74. The molecule has 0 heterocycles. The zero-order valence-electron chi connectivity index (χ0n) is 15.0. The van der Waals surface area contributed by atoms with E-state index in [-0.39, 0.29) is 46.6 Å². The van der Waals surface area contributed by atoms with Gasteiger partial charge in [0.1, 0.15) is 11.5 Å². The monoisotopic (exact) mass is 388 g/mol. The van der Waals surface area contributed by atoms with Crippen LogP contribution in [0, 0.1) is 17.3 Å². The molecule has 3 aliphatic carbocycles. The molecule has 1 N–H and O–H groups in total. The maximum absolute atomic E-state index is 12.4. The topological polar surface area (TPSA) is 104 Å². The maximum atomic E-state index is 12.4. The van der Waals surface area contributed by atoms with Gasteiger partial charge in [-0.1, -0.05) is 24.8 Å². The Kier molecular flexibility index (Phi) is 5.25. The molecule has 2 fully saturated rings. The van der Waals surface area contributed by atoms with Crippen molar-refractivity contribution in [3.05, 3.63) is 23.3 Å². The number of hydrogen-bond acceptors (Lipinski definition) is 5. The average molecular weight is 388 g/mol. The van der Waals surface area contributed by atoms with E-state index in [2.05, 4.69) is 11.1 Å². The zero-order chi connectivity index (χ0) is 18.0. The summed E-state index contributed by atoms with van der Waals surface area (Å²) < 4.78 is 35.8. The smallest absolute Gasteiger partial charge is 0.870 e. The van der Waals surface area contributed by atoms with Crippen LogP contribution in [0.3, 0.4) is 0 Å². The summed E-state index contributed by atoms with van der Waals surface area (Å²) >= 11 is 0. The number of hydrogen-bond donors (Lipinski definition) is 1. The summed E-state index contributed by atoms with van der Waals surface area (Å²) in [5, 5.41) is 12.1. The molecule has 8 heteroatoms. The van der Waals surface area contributed by atoms with Gasteiger partial charge >= 0.3 is 40.0 Å². The molecule has 0 aromatic heterocycles. The SMILES string of the molecule is C[C@]12CC[C@@H]3c4ccc([O-])c(OS(=O)(=O)O)c4CC[C@H]3[C@@H]1CCC2=O.[Na+]. The molecule has 4 rings (SSSR count). The van der Waals surface area contributed by atoms with Crippen LogP contribution in [0.15, 0.2) is 12.1 Å². The van der Waals surface area contributed by atoms with Crippen LogP contribution >= 0.6 is 0 Å². The molecular weight excluding hydrogens is 367 g/mol. The molecule has 6 nitrogen and oxygen atoms in total. The molecule has 1 aromatic rings. The van der Waals surface area contributed by atoms with Crippen LogP contribution in [-0.2, 0) is 21.6 Å². The van der Waals surface area contributed by atoms with Crippen molar-refractivity contribution in [1.29, 1.82) is 0 Å². The van der Waals surface area contributed by atoms with Gasteiger partial charge < -0.3 is 9.29 Å². The van der Waals surface area contributed by atoms with Crippen LogP contribution < -0.4 is 38.8 Å². The van der Waals surface area contributed by atoms with Crippen LogP contribution in [0.1, 0.15) is 56.1 Å². The summed E-state index contributed by atoms with van der Waals surface area (Å²) in [6.07, 6.45) is 4.56. The van der Waals surface area contributed by atoms with Gasteiger partial charge in [-0.3, -0.25) is 9.35 Å². The van der Waals surface area contributed by atoms with Crippen LogP contribution in [-0.4, -0.2) is 18.8 Å². The summed E-state index contributed by atoms with van der Waals surface area (Å²) in [5.41, 5.74) is 1.31. The first kappa shape index (κ1) is 20.1. The summed E-state index contributed by atoms with van der Waals surface area (Å²) in [4.78, 5) is 12.4. The minimum absolute atomic E-state index is 0. The Morgan fingerprint density at radius 1 is 1.23 bits per heavy atom. The van der Waals surface area contributed by atoms with Crippen molar-refractivity contribution in [3.8, 4) is 11.5 Å².